The summed E-state index contributed by atoms with van der Waals surface area (Å²) in [5.74, 6) is 0.223. The van der Waals surface area contributed by atoms with Gasteiger partial charge in [0.25, 0.3) is 0 Å². The minimum Gasteiger partial charge on any atom is -0.349 e. The zero-order chi connectivity index (χ0) is 15.3. The van der Waals surface area contributed by atoms with Crippen molar-refractivity contribution in [3.05, 3.63) is 34.3 Å². The Morgan fingerprint density at radius 2 is 1.90 bits per heavy atom. The lowest BCUT2D eigenvalue weighted by Gasteiger charge is -2.36. The standard InChI is InChI=1S/C17H25BrN2O/c1-3-15(13-5-7-14(18)8-6-13)20-16(21)17(4-2)9-11-19-12-10-17/h5-8,15,19H,3-4,9-12H2,1-2H3,(H,20,21). The van der Waals surface area contributed by atoms with Gasteiger partial charge in [-0.1, -0.05) is 41.9 Å². The van der Waals surface area contributed by atoms with Crippen molar-refractivity contribution in [1.29, 1.82) is 0 Å². The molecule has 3 nitrogen and oxygen atoms in total. The number of hydrogen-bond acceptors (Lipinski definition) is 2. The molecule has 0 aliphatic carbocycles. The summed E-state index contributed by atoms with van der Waals surface area (Å²) in [6.07, 6.45) is 3.70. The first-order valence-corrected chi connectivity index (χ1v) is 8.68. The van der Waals surface area contributed by atoms with E-state index in [-0.39, 0.29) is 17.4 Å². The number of benzene rings is 1. The highest BCUT2D eigenvalue weighted by Crippen LogP contribution is 2.34. The molecule has 0 aromatic heterocycles. The van der Waals surface area contributed by atoms with Crippen molar-refractivity contribution in [1.82, 2.24) is 10.6 Å². The Morgan fingerprint density at radius 1 is 1.29 bits per heavy atom. The molecule has 0 bridgehead atoms. The van der Waals surface area contributed by atoms with E-state index in [1.165, 1.54) is 5.56 Å². The first-order chi connectivity index (χ1) is 10.1. The number of hydrogen-bond donors (Lipinski definition) is 2. The predicted molar refractivity (Wildman–Crippen MR) is 90.1 cm³/mol. The van der Waals surface area contributed by atoms with Crippen LogP contribution in [0.25, 0.3) is 0 Å². The molecule has 1 aliphatic rings. The van der Waals surface area contributed by atoms with E-state index < -0.39 is 0 Å². The maximum Gasteiger partial charge on any atom is 0.226 e. The van der Waals surface area contributed by atoms with Crippen molar-refractivity contribution in [3.8, 4) is 0 Å². The number of halogens is 1. The Hall–Kier alpha value is -0.870. The fraction of sp³-hybridized carbons (Fsp3) is 0.588. The molecule has 1 heterocycles. The molecule has 1 saturated heterocycles. The Kier molecular flexibility index (Phi) is 5.82. The lowest BCUT2D eigenvalue weighted by atomic mass is 9.75. The van der Waals surface area contributed by atoms with Crippen LogP contribution in [-0.2, 0) is 4.79 Å². The molecule has 1 atom stereocenters. The van der Waals surface area contributed by atoms with Crippen LogP contribution in [0.15, 0.2) is 28.7 Å². The minimum absolute atomic E-state index is 0.101. The van der Waals surface area contributed by atoms with E-state index in [2.05, 4.69) is 52.5 Å². The zero-order valence-electron chi connectivity index (χ0n) is 12.9. The molecule has 1 aromatic carbocycles. The van der Waals surface area contributed by atoms with Gasteiger partial charge in [0.1, 0.15) is 0 Å². The highest BCUT2D eigenvalue weighted by Gasteiger charge is 2.38. The molecular weight excluding hydrogens is 328 g/mol. The number of carbonyl (C=O) groups excluding carboxylic acids is 1. The van der Waals surface area contributed by atoms with Gasteiger partial charge >= 0.3 is 0 Å². The first-order valence-electron chi connectivity index (χ1n) is 7.88. The Labute approximate surface area is 136 Å². The summed E-state index contributed by atoms with van der Waals surface area (Å²) in [5.41, 5.74) is 0.989. The summed E-state index contributed by atoms with van der Waals surface area (Å²) < 4.78 is 1.07. The normalized spacial score (nSPS) is 19.0. The molecule has 21 heavy (non-hydrogen) atoms. The minimum atomic E-state index is -0.186. The van der Waals surface area contributed by atoms with Crippen LogP contribution in [0.4, 0.5) is 0 Å². The molecule has 4 heteroatoms. The van der Waals surface area contributed by atoms with Crippen molar-refractivity contribution in [2.24, 2.45) is 5.41 Å². The summed E-state index contributed by atoms with van der Waals surface area (Å²) in [6, 6.07) is 8.33. The SMILES string of the molecule is CCC(NC(=O)C1(CC)CCNCC1)c1ccc(Br)cc1. The Morgan fingerprint density at radius 3 is 2.43 bits per heavy atom. The topological polar surface area (TPSA) is 41.1 Å². The third-order valence-corrected chi connectivity index (χ3v) is 5.23. The van der Waals surface area contributed by atoms with E-state index in [0.29, 0.717) is 0 Å². The molecule has 1 unspecified atom stereocenters. The van der Waals surface area contributed by atoms with Crippen molar-refractivity contribution in [3.63, 3.8) is 0 Å². The van der Waals surface area contributed by atoms with E-state index in [0.717, 1.165) is 43.2 Å². The molecule has 0 radical (unpaired) electrons. The van der Waals surface area contributed by atoms with Crippen LogP contribution in [0.2, 0.25) is 0 Å². The lowest BCUT2D eigenvalue weighted by Crippen LogP contribution is -2.48. The van der Waals surface area contributed by atoms with Crippen molar-refractivity contribution < 1.29 is 4.79 Å². The number of rotatable bonds is 5. The Balaban J connectivity index is 2.10. The smallest absolute Gasteiger partial charge is 0.226 e. The van der Waals surface area contributed by atoms with Crippen LogP contribution in [0, 0.1) is 5.41 Å². The summed E-state index contributed by atoms with van der Waals surface area (Å²) in [6.45, 7) is 6.13. The van der Waals surface area contributed by atoms with Gasteiger partial charge in [-0.3, -0.25) is 4.79 Å². The molecule has 1 fully saturated rings. The second kappa shape index (κ2) is 7.41. The zero-order valence-corrected chi connectivity index (χ0v) is 14.5. The van der Waals surface area contributed by atoms with Gasteiger partial charge in [-0.15, -0.1) is 0 Å². The van der Waals surface area contributed by atoms with Crippen LogP contribution >= 0.6 is 15.9 Å². The predicted octanol–water partition coefficient (Wildman–Crippen LogP) is 3.80. The molecule has 1 aromatic rings. The summed E-state index contributed by atoms with van der Waals surface area (Å²) in [5, 5.41) is 6.63. The number of piperidine rings is 1. The Bertz CT molecular complexity index is 466. The molecule has 2 N–H and O–H groups in total. The van der Waals surface area contributed by atoms with Crippen LogP contribution < -0.4 is 10.6 Å². The number of nitrogens with one attached hydrogen (secondary N) is 2. The fourth-order valence-corrected chi connectivity index (χ4v) is 3.34. The summed E-state index contributed by atoms with van der Waals surface area (Å²) in [4.78, 5) is 12.8. The third-order valence-electron chi connectivity index (χ3n) is 4.71. The van der Waals surface area contributed by atoms with Crippen LogP contribution in [-0.4, -0.2) is 19.0 Å². The van der Waals surface area contributed by atoms with Crippen molar-refractivity contribution in [2.45, 2.75) is 45.6 Å². The highest BCUT2D eigenvalue weighted by atomic mass is 79.9. The quantitative estimate of drug-likeness (QED) is 0.846. The average molecular weight is 353 g/mol. The van der Waals surface area contributed by atoms with Crippen LogP contribution in [0.1, 0.15) is 51.1 Å². The lowest BCUT2D eigenvalue weighted by molar-refractivity contribution is -0.133. The number of carbonyl (C=O) groups is 1. The molecule has 1 amide bonds. The van der Waals surface area contributed by atoms with Gasteiger partial charge < -0.3 is 10.6 Å². The van der Waals surface area contributed by atoms with E-state index in [1.807, 2.05) is 12.1 Å². The van der Waals surface area contributed by atoms with Crippen LogP contribution in [0.3, 0.4) is 0 Å². The van der Waals surface area contributed by atoms with Gasteiger partial charge in [0.2, 0.25) is 5.91 Å². The van der Waals surface area contributed by atoms with Crippen LogP contribution in [0.5, 0.6) is 0 Å². The second-order valence-corrected chi connectivity index (χ2v) is 6.79. The fourth-order valence-electron chi connectivity index (χ4n) is 3.07. The van der Waals surface area contributed by atoms with Gasteiger partial charge in [0, 0.05) is 4.47 Å². The van der Waals surface area contributed by atoms with E-state index >= 15 is 0 Å². The van der Waals surface area contributed by atoms with E-state index in [9.17, 15) is 4.79 Å². The van der Waals surface area contributed by atoms with Crippen molar-refractivity contribution >= 4 is 21.8 Å². The number of amides is 1. The molecule has 0 saturated carbocycles. The maximum atomic E-state index is 12.8. The van der Waals surface area contributed by atoms with Gasteiger partial charge in [-0.2, -0.15) is 0 Å². The van der Waals surface area contributed by atoms with Crippen molar-refractivity contribution in [2.75, 3.05) is 13.1 Å². The largest absolute Gasteiger partial charge is 0.349 e. The van der Waals surface area contributed by atoms with Gasteiger partial charge in [0.05, 0.1) is 11.5 Å². The van der Waals surface area contributed by atoms with E-state index in [4.69, 9.17) is 0 Å². The summed E-state index contributed by atoms with van der Waals surface area (Å²) in [7, 11) is 0. The summed E-state index contributed by atoms with van der Waals surface area (Å²) >= 11 is 3.46. The van der Waals surface area contributed by atoms with Gasteiger partial charge in [0.15, 0.2) is 0 Å². The average Bonchev–Trinajstić information content (AvgIpc) is 2.54. The van der Waals surface area contributed by atoms with Gasteiger partial charge in [-0.25, -0.2) is 0 Å². The monoisotopic (exact) mass is 352 g/mol. The molecule has 2 rings (SSSR count). The second-order valence-electron chi connectivity index (χ2n) is 5.87. The molecule has 116 valence electrons. The first kappa shape index (κ1) is 16.5. The maximum absolute atomic E-state index is 12.8. The molecular formula is C17H25BrN2O. The molecule has 1 aliphatic heterocycles. The van der Waals surface area contributed by atoms with Gasteiger partial charge in [-0.05, 0) is 56.5 Å². The van der Waals surface area contributed by atoms with E-state index in [1.54, 1.807) is 0 Å². The molecule has 0 spiro atoms. The highest BCUT2D eigenvalue weighted by molar-refractivity contribution is 9.10. The third kappa shape index (κ3) is 3.86.